The molecule has 0 N–H and O–H groups in total. The van der Waals surface area contributed by atoms with Crippen LogP contribution >= 0.6 is 0 Å². The quantitative estimate of drug-likeness (QED) is 0.711. The largest absolute Gasteiger partial charge is 0.346 e. The third kappa shape index (κ3) is 3.52. The SMILES string of the molecule is C=C1CCCN1c1ccc(-c2ccc3c(c2)N(C(=O)C2CC2)CC(C)N3C(C)=O)cc1. The van der Waals surface area contributed by atoms with Crippen LogP contribution in [-0.4, -0.2) is 30.9 Å². The van der Waals surface area contributed by atoms with E-state index in [9.17, 15) is 9.59 Å². The average molecular weight is 416 g/mol. The van der Waals surface area contributed by atoms with Crippen LogP contribution in [0.15, 0.2) is 54.7 Å². The first-order valence-electron chi connectivity index (χ1n) is 11.2. The molecule has 2 aromatic rings. The summed E-state index contributed by atoms with van der Waals surface area (Å²) < 4.78 is 0. The van der Waals surface area contributed by atoms with Gasteiger partial charge in [0.1, 0.15) is 0 Å². The van der Waals surface area contributed by atoms with Crippen LogP contribution in [0.2, 0.25) is 0 Å². The zero-order valence-corrected chi connectivity index (χ0v) is 18.3. The lowest BCUT2D eigenvalue weighted by atomic mass is 10.00. The van der Waals surface area contributed by atoms with Crippen molar-refractivity contribution in [1.29, 1.82) is 0 Å². The van der Waals surface area contributed by atoms with Crippen molar-refractivity contribution in [2.75, 3.05) is 27.8 Å². The monoisotopic (exact) mass is 415 g/mol. The van der Waals surface area contributed by atoms with Crippen molar-refractivity contribution in [3.05, 3.63) is 54.7 Å². The molecule has 1 aliphatic carbocycles. The molecule has 0 aromatic heterocycles. The summed E-state index contributed by atoms with van der Waals surface area (Å²) >= 11 is 0. The molecule has 2 amide bonds. The highest BCUT2D eigenvalue weighted by atomic mass is 16.2. The first-order chi connectivity index (χ1) is 14.9. The van der Waals surface area contributed by atoms with Crippen LogP contribution < -0.4 is 14.7 Å². The highest BCUT2D eigenvalue weighted by Crippen LogP contribution is 2.42. The lowest BCUT2D eigenvalue weighted by Crippen LogP contribution is -2.51. The molecule has 1 unspecified atom stereocenters. The number of hydrogen-bond acceptors (Lipinski definition) is 3. The normalized spacial score (nSPS) is 20.8. The van der Waals surface area contributed by atoms with Crippen LogP contribution in [-0.2, 0) is 9.59 Å². The van der Waals surface area contributed by atoms with E-state index in [4.69, 9.17) is 0 Å². The minimum absolute atomic E-state index is 0.00946. The highest BCUT2D eigenvalue weighted by molar-refractivity contribution is 6.06. The van der Waals surface area contributed by atoms with Crippen LogP contribution in [0.25, 0.3) is 11.1 Å². The van der Waals surface area contributed by atoms with Gasteiger partial charge in [0, 0.05) is 37.3 Å². The maximum absolute atomic E-state index is 13.0. The summed E-state index contributed by atoms with van der Waals surface area (Å²) in [5, 5.41) is 0. The van der Waals surface area contributed by atoms with Crippen molar-refractivity contribution in [2.24, 2.45) is 5.92 Å². The predicted molar refractivity (Wildman–Crippen MR) is 125 cm³/mol. The zero-order valence-electron chi connectivity index (χ0n) is 18.3. The van der Waals surface area contributed by atoms with Crippen molar-refractivity contribution in [2.45, 2.75) is 45.6 Å². The molecule has 2 aromatic carbocycles. The van der Waals surface area contributed by atoms with Gasteiger partial charge in [0.05, 0.1) is 17.4 Å². The smallest absolute Gasteiger partial charge is 0.230 e. The molecule has 5 rings (SSSR count). The van der Waals surface area contributed by atoms with Gasteiger partial charge in [-0.1, -0.05) is 24.8 Å². The van der Waals surface area contributed by atoms with Gasteiger partial charge in [0.15, 0.2) is 0 Å². The standard InChI is InChI=1S/C26H29N3O2/c1-17-5-4-14-27(17)23-11-8-20(9-12-23)22-10-13-24-25(15-22)28(26(31)21-6-7-21)16-18(2)29(24)19(3)30/h8-13,15,18,21H,1,4-7,14,16H2,2-3H3. The van der Waals surface area contributed by atoms with Crippen molar-refractivity contribution in [3.63, 3.8) is 0 Å². The number of allylic oxidation sites excluding steroid dienone is 1. The van der Waals surface area contributed by atoms with Gasteiger partial charge in [0.25, 0.3) is 0 Å². The molecule has 5 nitrogen and oxygen atoms in total. The molecule has 0 radical (unpaired) electrons. The number of anilines is 3. The molecule has 1 atom stereocenters. The molecule has 1 saturated carbocycles. The van der Waals surface area contributed by atoms with E-state index in [1.807, 2.05) is 22.8 Å². The van der Waals surface area contributed by atoms with Crippen molar-refractivity contribution >= 4 is 28.9 Å². The Kier molecular flexibility index (Phi) is 4.84. The van der Waals surface area contributed by atoms with E-state index in [1.54, 1.807) is 6.92 Å². The Morgan fingerprint density at radius 1 is 1.00 bits per heavy atom. The Hall–Kier alpha value is -3.08. The number of hydrogen-bond donors (Lipinski definition) is 0. The third-order valence-electron chi connectivity index (χ3n) is 6.69. The number of benzene rings is 2. The summed E-state index contributed by atoms with van der Waals surface area (Å²) in [7, 11) is 0. The highest BCUT2D eigenvalue weighted by Gasteiger charge is 2.39. The minimum atomic E-state index is -0.0357. The predicted octanol–water partition coefficient (Wildman–Crippen LogP) is 4.97. The Balaban J connectivity index is 1.51. The fourth-order valence-corrected chi connectivity index (χ4v) is 4.92. The van der Waals surface area contributed by atoms with Gasteiger partial charge in [-0.15, -0.1) is 0 Å². The topological polar surface area (TPSA) is 43.9 Å². The van der Waals surface area contributed by atoms with Crippen LogP contribution in [0.5, 0.6) is 0 Å². The molecular formula is C26H29N3O2. The number of nitrogens with zero attached hydrogens (tertiary/aromatic N) is 3. The molecule has 31 heavy (non-hydrogen) atoms. The van der Waals surface area contributed by atoms with E-state index < -0.39 is 0 Å². The first-order valence-corrected chi connectivity index (χ1v) is 11.2. The molecule has 5 heteroatoms. The summed E-state index contributed by atoms with van der Waals surface area (Å²) in [4.78, 5) is 31.4. The number of rotatable bonds is 3. The molecular weight excluding hydrogens is 386 g/mol. The molecule has 0 spiro atoms. The van der Waals surface area contributed by atoms with E-state index in [1.165, 1.54) is 11.4 Å². The Bertz CT molecular complexity index is 1050. The van der Waals surface area contributed by atoms with Gasteiger partial charge in [-0.3, -0.25) is 9.59 Å². The number of amides is 2. The maximum atomic E-state index is 13.0. The zero-order chi connectivity index (χ0) is 21.7. The molecule has 2 fully saturated rings. The second-order valence-corrected chi connectivity index (χ2v) is 9.03. The summed E-state index contributed by atoms with van der Waals surface area (Å²) in [5.74, 6) is 0.340. The summed E-state index contributed by atoms with van der Waals surface area (Å²) in [6.07, 6.45) is 4.15. The number of carbonyl (C=O) groups excluding carboxylic acids is 2. The molecule has 1 saturated heterocycles. The van der Waals surface area contributed by atoms with Crippen molar-refractivity contribution in [3.8, 4) is 11.1 Å². The fourth-order valence-electron chi connectivity index (χ4n) is 4.92. The minimum Gasteiger partial charge on any atom is -0.346 e. The van der Waals surface area contributed by atoms with E-state index in [0.29, 0.717) is 6.54 Å². The lowest BCUT2D eigenvalue weighted by Gasteiger charge is -2.41. The second-order valence-electron chi connectivity index (χ2n) is 9.03. The number of fused-ring (bicyclic) bond motifs is 1. The van der Waals surface area contributed by atoms with Gasteiger partial charge in [-0.25, -0.2) is 0 Å². The van der Waals surface area contributed by atoms with Crippen LogP contribution in [0.3, 0.4) is 0 Å². The molecule has 3 aliphatic rings. The van der Waals surface area contributed by atoms with Gasteiger partial charge in [-0.05, 0) is 68.0 Å². The third-order valence-corrected chi connectivity index (χ3v) is 6.69. The van der Waals surface area contributed by atoms with E-state index in [-0.39, 0.29) is 23.8 Å². The van der Waals surface area contributed by atoms with Gasteiger partial charge < -0.3 is 14.7 Å². The summed E-state index contributed by atoms with van der Waals surface area (Å²) in [5.41, 5.74) is 6.18. The van der Waals surface area contributed by atoms with Crippen molar-refractivity contribution in [1.82, 2.24) is 0 Å². The van der Waals surface area contributed by atoms with E-state index in [2.05, 4.69) is 47.9 Å². The fraction of sp³-hybridized carbons (Fsp3) is 0.385. The second kappa shape index (κ2) is 7.56. The Labute approximate surface area is 183 Å². The van der Waals surface area contributed by atoms with E-state index >= 15 is 0 Å². The van der Waals surface area contributed by atoms with Gasteiger partial charge in [-0.2, -0.15) is 0 Å². The van der Waals surface area contributed by atoms with Gasteiger partial charge >= 0.3 is 0 Å². The summed E-state index contributed by atoms with van der Waals surface area (Å²) in [6, 6.07) is 14.6. The maximum Gasteiger partial charge on any atom is 0.230 e. The molecule has 160 valence electrons. The van der Waals surface area contributed by atoms with Gasteiger partial charge in [0.2, 0.25) is 11.8 Å². The summed E-state index contributed by atoms with van der Waals surface area (Å²) in [6.45, 7) is 9.34. The Morgan fingerprint density at radius 3 is 2.32 bits per heavy atom. The Morgan fingerprint density at radius 2 is 1.71 bits per heavy atom. The van der Waals surface area contributed by atoms with Crippen LogP contribution in [0.1, 0.15) is 39.5 Å². The number of carbonyl (C=O) groups is 2. The molecule has 2 heterocycles. The lowest BCUT2D eigenvalue weighted by molar-refractivity contribution is -0.120. The molecule has 0 bridgehead atoms. The first kappa shape index (κ1) is 19.9. The van der Waals surface area contributed by atoms with Crippen LogP contribution in [0.4, 0.5) is 17.1 Å². The molecule has 2 aliphatic heterocycles. The van der Waals surface area contributed by atoms with Crippen molar-refractivity contribution < 1.29 is 9.59 Å². The van der Waals surface area contributed by atoms with Crippen LogP contribution in [0, 0.1) is 5.92 Å². The van der Waals surface area contributed by atoms with E-state index in [0.717, 1.165) is 54.7 Å². The average Bonchev–Trinajstić information content (AvgIpc) is 3.53.